The van der Waals surface area contributed by atoms with Crippen LogP contribution in [0, 0.1) is 0 Å². The molecule has 0 aromatic heterocycles. The molecule has 0 aliphatic rings. The second kappa shape index (κ2) is 7.01. The van der Waals surface area contributed by atoms with E-state index in [4.69, 9.17) is 10.5 Å². The van der Waals surface area contributed by atoms with Crippen molar-refractivity contribution in [1.82, 2.24) is 0 Å². The monoisotopic (exact) mass is 221 g/mol. The van der Waals surface area contributed by atoms with E-state index in [-0.39, 0.29) is 6.61 Å². The predicted molar refractivity (Wildman–Crippen MR) is 63.9 cm³/mol. The van der Waals surface area contributed by atoms with E-state index in [0.717, 1.165) is 12.0 Å². The Morgan fingerprint density at radius 1 is 1.25 bits per heavy atom. The number of carbonyl (C=O) groups excluding carboxylic acids is 1. The maximum absolute atomic E-state index is 10.5. The Balaban J connectivity index is 2.36. The van der Waals surface area contributed by atoms with Crippen molar-refractivity contribution in [3.8, 4) is 0 Å². The van der Waals surface area contributed by atoms with Crippen molar-refractivity contribution >= 4 is 5.91 Å². The second-order valence-corrected chi connectivity index (χ2v) is 3.88. The molecule has 0 spiro atoms. The highest BCUT2D eigenvalue weighted by molar-refractivity contribution is 5.74. The van der Waals surface area contributed by atoms with Gasteiger partial charge in [-0.05, 0) is 24.0 Å². The van der Waals surface area contributed by atoms with Crippen molar-refractivity contribution in [3.63, 3.8) is 0 Å². The Bertz CT molecular complexity index is 319. The molecule has 1 amide bonds. The molecular weight excluding hydrogens is 202 g/mol. The summed E-state index contributed by atoms with van der Waals surface area (Å²) in [6.45, 7) is 2.61. The molecule has 0 atom stereocenters. The first-order valence-corrected chi connectivity index (χ1v) is 5.66. The van der Waals surface area contributed by atoms with Gasteiger partial charge in [-0.25, -0.2) is 0 Å². The number of ether oxygens (including phenoxy) is 1. The van der Waals surface area contributed by atoms with E-state index in [9.17, 15) is 4.79 Å². The van der Waals surface area contributed by atoms with Gasteiger partial charge in [0.15, 0.2) is 0 Å². The lowest BCUT2D eigenvalue weighted by molar-refractivity contribution is -0.122. The summed E-state index contributed by atoms with van der Waals surface area (Å²) in [4.78, 5) is 10.5. The van der Waals surface area contributed by atoms with Gasteiger partial charge in [0, 0.05) is 0 Å². The smallest absolute Gasteiger partial charge is 0.243 e. The van der Waals surface area contributed by atoms with Crippen LogP contribution in [-0.4, -0.2) is 12.5 Å². The summed E-state index contributed by atoms with van der Waals surface area (Å²) in [5, 5.41) is 0. The zero-order valence-corrected chi connectivity index (χ0v) is 9.74. The third-order valence-corrected chi connectivity index (χ3v) is 2.36. The van der Waals surface area contributed by atoms with Crippen LogP contribution in [0.4, 0.5) is 0 Å². The summed E-state index contributed by atoms with van der Waals surface area (Å²) >= 11 is 0. The molecule has 0 unspecified atom stereocenters. The summed E-state index contributed by atoms with van der Waals surface area (Å²) in [6.07, 6.45) is 3.56. The molecule has 0 saturated heterocycles. The highest BCUT2D eigenvalue weighted by Crippen LogP contribution is 2.08. The number of nitrogens with two attached hydrogens (primary N) is 1. The van der Waals surface area contributed by atoms with Gasteiger partial charge in [-0.1, -0.05) is 37.6 Å². The van der Waals surface area contributed by atoms with Gasteiger partial charge in [0.1, 0.15) is 6.61 Å². The second-order valence-electron chi connectivity index (χ2n) is 3.88. The van der Waals surface area contributed by atoms with E-state index in [1.54, 1.807) is 0 Å². The maximum atomic E-state index is 10.5. The first-order chi connectivity index (χ1) is 7.72. The molecule has 1 aromatic carbocycles. The largest absolute Gasteiger partial charge is 0.368 e. The van der Waals surface area contributed by atoms with Crippen LogP contribution >= 0.6 is 0 Å². The van der Waals surface area contributed by atoms with Crippen molar-refractivity contribution < 1.29 is 9.53 Å². The number of carbonyl (C=O) groups is 1. The summed E-state index contributed by atoms with van der Waals surface area (Å²) < 4.78 is 5.13. The van der Waals surface area contributed by atoms with E-state index in [1.807, 2.05) is 12.1 Å². The number of rotatable bonds is 7. The zero-order valence-electron chi connectivity index (χ0n) is 9.74. The van der Waals surface area contributed by atoms with E-state index >= 15 is 0 Å². The topological polar surface area (TPSA) is 52.3 Å². The first-order valence-electron chi connectivity index (χ1n) is 5.66. The Kier molecular flexibility index (Phi) is 5.57. The molecule has 3 heteroatoms. The van der Waals surface area contributed by atoms with Gasteiger partial charge < -0.3 is 10.5 Å². The number of hydrogen-bond donors (Lipinski definition) is 1. The van der Waals surface area contributed by atoms with Crippen LogP contribution in [-0.2, 0) is 22.6 Å². The standard InChI is InChI=1S/C13H19NO2/c1-2-3-4-11-5-7-12(8-6-11)9-16-10-13(14)15/h5-8H,2-4,9-10H2,1H3,(H2,14,15). The highest BCUT2D eigenvalue weighted by Gasteiger charge is 1.97. The molecule has 1 aromatic rings. The summed E-state index contributed by atoms with van der Waals surface area (Å²) in [5.74, 6) is -0.431. The molecule has 2 N–H and O–H groups in total. The molecule has 0 bridgehead atoms. The Labute approximate surface area is 96.6 Å². The molecule has 0 radical (unpaired) electrons. The number of aryl methyl sites for hydroxylation is 1. The lowest BCUT2D eigenvalue weighted by Gasteiger charge is -2.04. The van der Waals surface area contributed by atoms with Crippen molar-refractivity contribution in [2.45, 2.75) is 32.8 Å². The summed E-state index contributed by atoms with van der Waals surface area (Å²) in [5.41, 5.74) is 7.39. The fourth-order valence-corrected chi connectivity index (χ4v) is 1.45. The third-order valence-electron chi connectivity index (χ3n) is 2.36. The molecule has 0 aliphatic carbocycles. The Hall–Kier alpha value is -1.35. The highest BCUT2D eigenvalue weighted by atomic mass is 16.5. The average molecular weight is 221 g/mol. The third kappa shape index (κ3) is 4.94. The van der Waals surface area contributed by atoms with Crippen LogP contribution in [0.5, 0.6) is 0 Å². The summed E-state index contributed by atoms with van der Waals surface area (Å²) in [7, 11) is 0. The van der Waals surface area contributed by atoms with Gasteiger partial charge in [-0.3, -0.25) is 4.79 Å². The molecule has 1 rings (SSSR count). The molecule has 3 nitrogen and oxygen atoms in total. The van der Waals surface area contributed by atoms with E-state index in [1.165, 1.54) is 18.4 Å². The van der Waals surface area contributed by atoms with Crippen LogP contribution in [0.2, 0.25) is 0 Å². The van der Waals surface area contributed by atoms with Gasteiger partial charge in [0.05, 0.1) is 6.61 Å². The Morgan fingerprint density at radius 2 is 1.88 bits per heavy atom. The quantitative estimate of drug-likeness (QED) is 0.766. The number of benzene rings is 1. The van der Waals surface area contributed by atoms with Gasteiger partial charge >= 0.3 is 0 Å². The first kappa shape index (κ1) is 12.7. The molecule has 16 heavy (non-hydrogen) atoms. The molecule has 88 valence electrons. The molecule has 0 fully saturated rings. The van der Waals surface area contributed by atoms with Crippen molar-refractivity contribution in [3.05, 3.63) is 35.4 Å². The van der Waals surface area contributed by atoms with Gasteiger partial charge in [-0.15, -0.1) is 0 Å². The van der Waals surface area contributed by atoms with Crippen LogP contribution in [0.3, 0.4) is 0 Å². The number of primary amides is 1. The molecule has 0 saturated carbocycles. The lowest BCUT2D eigenvalue weighted by Crippen LogP contribution is -2.17. The van der Waals surface area contributed by atoms with E-state index in [0.29, 0.717) is 6.61 Å². The molecule has 0 heterocycles. The number of unbranched alkanes of at least 4 members (excludes halogenated alkanes) is 1. The number of hydrogen-bond acceptors (Lipinski definition) is 2. The normalized spacial score (nSPS) is 10.3. The van der Waals surface area contributed by atoms with E-state index in [2.05, 4.69) is 19.1 Å². The van der Waals surface area contributed by atoms with Crippen LogP contribution < -0.4 is 5.73 Å². The number of amides is 1. The fourth-order valence-electron chi connectivity index (χ4n) is 1.45. The maximum Gasteiger partial charge on any atom is 0.243 e. The van der Waals surface area contributed by atoms with Gasteiger partial charge in [-0.2, -0.15) is 0 Å². The van der Waals surface area contributed by atoms with Gasteiger partial charge in [0.2, 0.25) is 5.91 Å². The minimum absolute atomic E-state index is 0.0163. The van der Waals surface area contributed by atoms with Crippen molar-refractivity contribution in [2.24, 2.45) is 5.73 Å². The van der Waals surface area contributed by atoms with Crippen molar-refractivity contribution in [2.75, 3.05) is 6.61 Å². The zero-order chi connectivity index (χ0) is 11.8. The van der Waals surface area contributed by atoms with E-state index < -0.39 is 5.91 Å². The van der Waals surface area contributed by atoms with Gasteiger partial charge in [0.25, 0.3) is 0 Å². The average Bonchev–Trinajstić information content (AvgIpc) is 2.27. The van der Waals surface area contributed by atoms with Crippen LogP contribution in [0.25, 0.3) is 0 Å². The van der Waals surface area contributed by atoms with Crippen LogP contribution in [0.15, 0.2) is 24.3 Å². The minimum atomic E-state index is -0.431. The molecule has 0 aliphatic heterocycles. The van der Waals surface area contributed by atoms with Crippen molar-refractivity contribution in [1.29, 1.82) is 0 Å². The fraction of sp³-hybridized carbons (Fsp3) is 0.462. The summed E-state index contributed by atoms with van der Waals surface area (Å²) in [6, 6.07) is 8.29. The van der Waals surface area contributed by atoms with Crippen LogP contribution in [0.1, 0.15) is 30.9 Å². The lowest BCUT2D eigenvalue weighted by atomic mass is 10.1. The Morgan fingerprint density at radius 3 is 2.44 bits per heavy atom. The SMILES string of the molecule is CCCCc1ccc(COCC(N)=O)cc1. The minimum Gasteiger partial charge on any atom is -0.368 e. The molecular formula is C13H19NO2. The predicted octanol–water partition coefficient (Wildman–Crippen LogP) is 2.03.